The maximum atomic E-state index is 5.26. The van der Waals surface area contributed by atoms with E-state index in [2.05, 4.69) is 30.8 Å². The molecule has 0 amide bonds. The summed E-state index contributed by atoms with van der Waals surface area (Å²) in [6.45, 7) is 7.21. The fourth-order valence-electron chi connectivity index (χ4n) is 1.54. The van der Waals surface area contributed by atoms with Crippen molar-refractivity contribution in [1.82, 2.24) is 0 Å². The lowest BCUT2D eigenvalue weighted by atomic mass is 9.98. The van der Waals surface area contributed by atoms with E-state index in [4.69, 9.17) is 4.74 Å². The van der Waals surface area contributed by atoms with Crippen LogP contribution < -0.4 is 0 Å². The van der Waals surface area contributed by atoms with Crippen molar-refractivity contribution < 1.29 is 4.74 Å². The third-order valence-corrected chi connectivity index (χ3v) is 2.79. The topological polar surface area (TPSA) is 34.0 Å². The summed E-state index contributed by atoms with van der Waals surface area (Å²) in [7, 11) is 1.68. The minimum atomic E-state index is 0.147. The van der Waals surface area contributed by atoms with Crippen molar-refractivity contribution in [2.75, 3.05) is 13.7 Å². The molecule has 2 atom stereocenters. The smallest absolute Gasteiger partial charge is 0.209 e. The molecule has 0 aromatic rings. The molecule has 0 saturated carbocycles. The van der Waals surface area contributed by atoms with Gasteiger partial charge in [-0.3, -0.25) is 4.99 Å². The summed E-state index contributed by atoms with van der Waals surface area (Å²) in [4.78, 5) is 9.10. The van der Waals surface area contributed by atoms with Crippen molar-refractivity contribution in [1.29, 1.82) is 0 Å². The van der Waals surface area contributed by atoms with E-state index in [1.807, 2.05) is 0 Å². The predicted molar refractivity (Wildman–Crippen MR) is 60.3 cm³/mol. The van der Waals surface area contributed by atoms with Gasteiger partial charge in [0.1, 0.15) is 6.04 Å². The fraction of sp³-hybridized carbons (Fsp3) is 0.818. The Balaban J connectivity index is 2.78. The van der Waals surface area contributed by atoms with Crippen LogP contribution in [0.2, 0.25) is 0 Å². The van der Waals surface area contributed by atoms with E-state index in [0.29, 0.717) is 12.5 Å². The van der Waals surface area contributed by atoms with Crippen LogP contribution in [-0.4, -0.2) is 31.3 Å². The summed E-state index contributed by atoms with van der Waals surface area (Å²) in [5.41, 5.74) is 1.19. The maximum Gasteiger partial charge on any atom is 0.209 e. The molecule has 3 heteroatoms. The number of methoxy groups -OCH3 is 1. The zero-order chi connectivity index (χ0) is 10.6. The van der Waals surface area contributed by atoms with Crippen LogP contribution in [-0.2, 0) is 4.74 Å². The van der Waals surface area contributed by atoms with Crippen molar-refractivity contribution in [2.45, 2.75) is 39.7 Å². The molecule has 0 aliphatic carbocycles. The van der Waals surface area contributed by atoms with Gasteiger partial charge in [0.05, 0.1) is 13.7 Å². The summed E-state index contributed by atoms with van der Waals surface area (Å²) in [5, 5.41) is 0. The highest BCUT2D eigenvalue weighted by atomic mass is 16.5. The number of aliphatic imine (C=N–C) groups is 2. The Morgan fingerprint density at radius 2 is 2.21 bits per heavy atom. The van der Waals surface area contributed by atoms with Gasteiger partial charge in [-0.05, 0) is 12.3 Å². The number of hydrogen-bond acceptors (Lipinski definition) is 3. The molecule has 0 aromatic heterocycles. The molecule has 1 rings (SSSR count). The largest absolute Gasteiger partial charge is 0.483 e. The molecule has 14 heavy (non-hydrogen) atoms. The minimum Gasteiger partial charge on any atom is -0.483 e. The Kier molecular flexibility index (Phi) is 4.11. The zero-order valence-corrected chi connectivity index (χ0v) is 9.58. The number of nitrogens with zero attached hydrogens (tertiary/aromatic N) is 2. The van der Waals surface area contributed by atoms with Gasteiger partial charge in [-0.1, -0.05) is 27.2 Å². The molecule has 0 spiro atoms. The third kappa shape index (κ3) is 2.34. The summed E-state index contributed by atoms with van der Waals surface area (Å²) in [6.07, 6.45) is 2.10. The minimum absolute atomic E-state index is 0.147. The Hall–Kier alpha value is -0.860. The molecule has 3 nitrogen and oxygen atoms in total. The molecule has 0 aromatic carbocycles. The normalized spacial score (nSPS) is 23.9. The van der Waals surface area contributed by atoms with Gasteiger partial charge in [0.2, 0.25) is 5.90 Å². The highest BCUT2D eigenvalue weighted by Gasteiger charge is 2.25. The Bertz CT molecular complexity index is 246. The van der Waals surface area contributed by atoms with Crippen LogP contribution in [0.4, 0.5) is 0 Å². The monoisotopic (exact) mass is 196 g/mol. The molecule has 80 valence electrons. The van der Waals surface area contributed by atoms with Crippen LogP contribution in [0.25, 0.3) is 0 Å². The standard InChI is InChI=1S/C11H20N2O/c1-5-8(3)10-11(14-4)12-7-9(6-2)13-10/h8,10H,5-7H2,1-4H3. The van der Waals surface area contributed by atoms with Gasteiger partial charge in [0.25, 0.3) is 0 Å². The predicted octanol–water partition coefficient (Wildman–Crippen LogP) is 2.31. The highest BCUT2D eigenvalue weighted by Crippen LogP contribution is 2.17. The second kappa shape index (κ2) is 5.13. The zero-order valence-electron chi connectivity index (χ0n) is 9.58. The maximum absolute atomic E-state index is 5.26. The van der Waals surface area contributed by atoms with Gasteiger partial charge in [0, 0.05) is 5.71 Å². The highest BCUT2D eigenvalue weighted by molar-refractivity contribution is 5.95. The summed E-state index contributed by atoms with van der Waals surface area (Å²) >= 11 is 0. The molecule has 1 heterocycles. The molecule has 0 radical (unpaired) electrons. The first-order valence-electron chi connectivity index (χ1n) is 5.36. The van der Waals surface area contributed by atoms with Crippen molar-refractivity contribution >= 4 is 11.6 Å². The van der Waals surface area contributed by atoms with Crippen LogP contribution in [0.15, 0.2) is 9.98 Å². The first-order valence-corrected chi connectivity index (χ1v) is 5.36. The summed E-state index contributed by atoms with van der Waals surface area (Å²) in [5.74, 6) is 1.31. The van der Waals surface area contributed by atoms with Crippen LogP contribution >= 0.6 is 0 Å². The van der Waals surface area contributed by atoms with Crippen molar-refractivity contribution in [3.8, 4) is 0 Å². The van der Waals surface area contributed by atoms with Crippen molar-refractivity contribution in [3.05, 3.63) is 0 Å². The van der Waals surface area contributed by atoms with E-state index >= 15 is 0 Å². The average molecular weight is 196 g/mol. The van der Waals surface area contributed by atoms with Crippen LogP contribution in [0.3, 0.4) is 0 Å². The van der Waals surface area contributed by atoms with E-state index in [9.17, 15) is 0 Å². The molecular formula is C11H20N2O. The lowest BCUT2D eigenvalue weighted by Crippen LogP contribution is -2.33. The molecule has 1 aliphatic heterocycles. The second-order valence-electron chi connectivity index (χ2n) is 3.74. The molecule has 0 fully saturated rings. The van der Waals surface area contributed by atoms with Gasteiger partial charge in [0.15, 0.2) is 0 Å². The van der Waals surface area contributed by atoms with E-state index in [-0.39, 0.29) is 6.04 Å². The second-order valence-corrected chi connectivity index (χ2v) is 3.74. The SMILES string of the molecule is CCC1=NC(C(C)CC)C(OC)=NC1. The van der Waals surface area contributed by atoms with Gasteiger partial charge >= 0.3 is 0 Å². The Labute approximate surface area is 86.3 Å². The molecule has 0 bridgehead atoms. The van der Waals surface area contributed by atoms with E-state index < -0.39 is 0 Å². The molecule has 0 N–H and O–H groups in total. The first-order chi connectivity index (χ1) is 6.72. The van der Waals surface area contributed by atoms with Crippen molar-refractivity contribution in [3.63, 3.8) is 0 Å². The summed E-state index contributed by atoms with van der Waals surface area (Å²) in [6, 6.07) is 0.147. The fourth-order valence-corrected chi connectivity index (χ4v) is 1.54. The number of ether oxygens (including phenoxy) is 1. The van der Waals surface area contributed by atoms with E-state index in [0.717, 1.165) is 18.7 Å². The van der Waals surface area contributed by atoms with Crippen LogP contribution in [0, 0.1) is 5.92 Å². The lowest BCUT2D eigenvalue weighted by Gasteiger charge is -2.24. The van der Waals surface area contributed by atoms with Crippen LogP contribution in [0.5, 0.6) is 0 Å². The first kappa shape index (κ1) is 11.2. The Morgan fingerprint density at radius 1 is 1.50 bits per heavy atom. The summed E-state index contributed by atoms with van der Waals surface area (Å²) < 4.78 is 5.26. The molecule has 1 aliphatic rings. The van der Waals surface area contributed by atoms with Gasteiger partial charge < -0.3 is 4.74 Å². The van der Waals surface area contributed by atoms with Crippen molar-refractivity contribution in [2.24, 2.45) is 15.9 Å². The van der Waals surface area contributed by atoms with Gasteiger partial charge in [-0.2, -0.15) is 0 Å². The quantitative estimate of drug-likeness (QED) is 0.682. The van der Waals surface area contributed by atoms with E-state index in [1.165, 1.54) is 5.71 Å². The molecule has 2 unspecified atom stereocenters. The average Bonchev–Trinajstić information content (AvgIpc) is 2.27. The third-order valence-electron chi connectivity index (χ3n) is 2.79. The van der Waals surface area contributed by atoms with Gasteiger partial charge in [-0.15, -0.1) is 0 Å². The lowest BCUT2D eigenvalue weighted by molar-refractivity contribution is 0.353. The Morgan fingerprint density at radius 3 is 2.71 bits per heavy atom. The van der Waals surface area contributed by atoms with E-state index in [1.54, 1.807) is 7.11 Å². The molecular weight excluding hydrogens is 176 g/mol. The number of rotatable bonds is 3. The number of hydrogen-bond donors (Lipinski definition) is 0. The van der Waals surface area contributed by atoms with Crippen LogP contribution in [0.1, 0.15) is 33.6 Å². The van der Waals surface area contributed by atoms with Gasteiger partial charge in [-0.25, -0.2) is 4.99 Å². The molecule has 0 saturated heterocycles.